The van der Waals surface area contributed by atoms with Gasteiger partial charge in [-0.05, 0) is 31.6 Å². The summed E-state index contributed by atoms with van der Waals surface area (Å²) in [6.45, 7) is 6.15. The Balaban J connectivity index is 3.74. The smallest absolute Gasteiger partial charge is 0.0542 e. The van der Waals surface area contributed by atoms with Crippen LogP contribution in [0.25, 0.3) is 0 Å². The zero-order chi connectivity index (χ0) is 9.56. The van der Waals surface area contributed by atoms with Crippen molar-refractivity contribution in [3.8, 4) is 12.3 Å². The van der Waals surface area contributed by atoms with Gasteiger partial charge < -0.3 is 5.11 Å². The average molecular weight is 168 g/mol. The second-order valence-corrected chi connectivity index (χ2v) is 3.74. The molecule has 0 aliphatic heterocycles. The minimum absolute atomic E-state index is 0.206. The highest BCUT2D eigenvalue weighted by Gasteiger charge is 2.17. The molecule has 0 aromatic carbocycles. The molecular formula is C11H20O. The first kappa shape index (κ1) is 11.5. The third-order valence-corrected chi connectivity index (χ3v) is 2.33. The lowest BCUT2D eigenvalue weighted by atomic mass is 9.86. The van der Waals surface area contributed by atoms with Crippen LogP contribution in [0, 0.1) is 24.2 Å². The van der Waals surface area contributed by atoms with E-state index in [1.54, 1.807) is 0 Å². The third-order valence-electron chi connectivity index (χ3n) is 2.33. The molecule has 70 valence electrons. The van der Waals surface area contributed by atoms with E-state index in [4.69, 9.17) is 6.42 Å². The second kappa shape index (κ2) is 6.08. The summed E-state index contributed by atoms with van der Waals surface area (Å²) in [7, 11) is 0. The minimum Gasteiger partial charge on any atom is -0.393 e. The average Bonchev–Trinajstić information content (AvgIpc) is 1.96. The van der Waals surface area contributed by atoms with Gasteiger partial charge in [0.25, 0.3) is 0 Å². The van der Waals surface area contributed by atoms with Crippen molar-refractivity contribution >= 4 is 0 Å². The molecule has 0 aromatic heterocycles. The summed E-state index contributed by atoms with van der Waals surface area (Å²) >= 11 is 0. The van der Waals surface area contributed by atoms with Gasteiger partial charge in [-0.15, -0.1) is 12.3 Å². The predicted molar refractivity (Wildman–Crippen MR) is 52.7 cm³/mol. The molecule has 1 N–H and O–H groups in total. The van der Waals surface area contributed by atoms with Crippen molar-refractivity contribution in [3.63, 3.8) is 0 Å². The van der Waals surface area contributed by atoms with Gasteiger partial charge in [-0.1, -0.05) is 13.8 Å². The molecule has 0 spiro atoms. The normalized spacial score (nSPS) is 15.7. The monoisotopic (exact) mass is 168 g/mol. The van der Waals surface area contributed by atoms with Gasteiger partial charge in [0, 0.05) is 6.42 Å². The maximum absolute atomic E-state index is 9.43. The van der Waals surface area contributed by atoms with E-state index in [1.165, 1.54) is 0 Å². The lowest BCUT2D eigenvalue weighted by Gasteiger charge is -2.23. The van der Waals surface area contributed by atoms with Crippen molar-refractivity contribution in [2.75, 3.05) is 0 Å². The van der Waals surface area contributed by atoms with E-state index in [1.807, 2.05) is 6.92 Å². The maximum atomic E-state index is 9.43. The van der Waals surface area contributed by atoms with E-state index >= 15 is 0 Å². The molecule has 0 saturated carbocycles. The molecule has 0 amide bonds. The molecule has 0 aliphatic carbocycles. The molecule has 1 nitrogen and oxygen atoms in total. The lowest BCUT2D eigenvalue weighted by Crippen LogP contribution is -2.22. The van der Waals surface area contributed by atoms with Crippen molar-refractivity contribution in [3.05, 3.63) is 0 Å². The van der Waals surface area contributed by atoms with E-state index in [-0.39, 0.29) is 6.10 Å². The van der Waals surface area contributed by atoms with Gasteiger partial charge in [0.2, 0.25) is 0 Å². The maximum Gasteiger partial charge on any atom is 0.0542 e. The highest BCUT2D eigenvalue weighted by atomic mass is 16.3. The van der Waals surface area contributed by atoms with E-state index in [0.29, 0.717) is 11.8 Å². The molecule has 1 heteroatoms. The molecule has 0 heterocycles. The molecule has 2 atom stereocenters. The molecule has 12 heavy (non-hydrogen) atoms. The summed E-state index contributed by atoms with van der Waals surface area (Å²) in [5.41, 5.74) is 0. The summed E-state index contributed by atoms with van der Waals surface area (Å²) in [6, 6.07) is 0. The van der Waals surface area contributed by atoms with Crippen molar-refractivity contribution in [1.29, 1.82) is 0 Å². The number of hydrogen-bond acceptors (Lipinski definition) is 1. The molecule has 0 aromatic rings. The number of unbranched alkanes of at least 4 members (excludes halogenated alkanes) is 1. The van der Waals surface area contributed by atoms with Gasteiger partial charge in [0.05, 0.1) is 6.10 Å². The minimum atomic E-state index is -0.206. The standard InChI is InChI=1S/C11H20O/c1-5-6-7-8-11(9(2)3)10(4)12/h1,9-12H,6-8H2,2-4H3. The molecule has 0 bridgehead atoms. The van der Waals surface area contributed by atoms with E-state index in [2.05, 4.69) is 19.8 Å². The van der Waals surface area contributed by atoms with Gasteiger partial charge >= 0.3 is 0 Å². The Morgan fingerprint density at radius 2 is 1.92 bits per heavy atom. The lowest BCUT2D eigenvalue weighted by molar-refractivity contribution is 0.0908. The van der Waals surface area contributed by atoms with Gasteiger partial charge in [-0.2, -0.15) is 0 Å². The van der Waals surface area contributed by atoms with Crippen LogP contribution in [-0.4, -0.2) is 11.2 Å². The summed E-state index contributed by atoms with van der Waals surface area (Å²) in [5, 5.41) is 9.43. The van der Waals surface area contributed by atoms with Crippen LogP contribution >= 0.6 is 0 Å². The van der Waals surface area contributed by atoms with Crippen molar-refractivity contribution in [2.24, 2.45) is 11.8 Å². The Kier molecular flexibility index (Phi) is 5.84. The van der Waals surface area contributed by atoms with E-state index < -0.39 is 0 Å². The van der Waals surface area contributed by atoms with Gasteiger partial charge in [0.1, 0.15) is 0 Å². The quantitative estimate of drug-likeness (QED) is 0.494. The SMILES string of the molecule is C#CCCCC(C(C)C)C(C)O. The van der Waals surface area contributed by atoms with Crippen LogP contribution < -0.4 is 0 Å². The summed E-state index contributed by atoms with van der Waals surface area (Å²) in [4.78, 5) is 0. The van der Waals surface area contributed by atoms with Gasteiger partial charge in [0.15, 0.2) is 0 Å². The Morgan fingerprint density at radius 3 is 2.25 bits per heavy atom. The third kappa shape index (κ3) is 4.41. The van der Waals surface area contributed by atoms with Crippen molar-refractivity contribution in [1.82, 2.24) is 0 Å². The molecule has 0 aliphatic rings. The number of hydrogen-bond donors (Lipinski definition) is 1. The van der Waals surface area contributed by atoms with Gasteiger partial charge in [-0.3, -0.25) is 0 Å². The number of rotatable bonds is 5. The Morgan fingerprint density at radius 1 is 1.33 bits per heavy atom. The van der Waals surface area contributed by atoms with Crippen LogP contribution in [0.1, 0.15) is 40.0 Å². The predicted octanol–water partition coefficient (Wildman–Crippen LogP) is 2.44. The molecule has 0 fully saturated rings. The van der Waals surface area contributed by atoms with Crippen LogP contribution in [0.2, 0.25) is 0 Å². The fraction of sp³-hybridized carbons (Fsp3) is 0.818. The van der Waals surface area contributed by atoms with Crippen LogP contribution in [0.15, 0.2) is 0 Å². The second-order valence-electron chi connectivity index (χ2n) is 3.74. The van der Waals surface area contributed by atoms with Crippen LogP contribution in [0.5, 0.6) is 0 Å². The number of aliphatic hydroxyl groups excluding tert-OH is 1. The summed E-state index contributed by atoms with van der Waals surface area (Å²) < 4.78 is 0. The van der Waals surface area contributed by atoms with E-state index in [0.717, 1.165) is 19.3 Å². The van der Waals surface area contributed by atoms with Crippen LogP contribution in [0.3, 0.4) is 0 Å². The number of terminal acetylenes is 1. The first-order valence-electron chi connectivity index (χ1n) is 4.71. The summed E-state index contributed by atoms with van der Waals surface area (Å²) in [5.74, 6) is 3.56. The zero-order valence-electron chi connectivity index (χ0n) is 8.38. The fourth-order valence-electron chi connectivity index (χ4n) is 1.57. The first-order chi connectivity index (χ1) is 5.59. The molecule has 2 unspecified atom stereocenters. The molecule has 0 saturated heterocycles. The van der Waals surface area contributed by atoms with Crippen molar-refractivity contribution < 1.29 is 5.11 Å². The Hall–Kier alpha value is -0.480. The first-order valence-corrected chi connectivity index (χ1v) is 4.71. The highest BCUT2D eigenvalue weighted by Crippen LogP contribution is 2.21. The van der Waals surface area contributed by atoms with Gasteiger partial charge in [-0.25, -0.2) is 0 Å². The van der Waals surface area contributed by atoms with Crippen LogP contribution in [0.4, 0.5) is 0 Å². The zero-order valence-corrected chi connectivity index (χ0v) is 8.38. The van der Waals surface area contributed by atoms with Crippen LogP contribution in [-0.2, 0) is 0 Å². The Bertz CT molecular complexity index is 134. The molecule has 0 rings (SSSR count). The molecular weight excluding hydrogens is 148 g/mol. The topological polar surface area (TPSA) is 20.2 Å². The summed E-state index contributed by atoms with van der Waals surface area (Å²) in [6.07, 6.45) is 7.85. The Labute approximate surface area is 76.2 Å². The highest BCUT2D eigenvalue weighted by molar-refractivity contribution is 4.83. The number of aliphatic hydroxyl groups is 1. The van der Waals surface area contributed by atoms with Crippen molar-refractivity contribution in [2.45, 2.75) is 46.1 Å². The molecule has 0 radical (unpaired) electrons. The largest absolute Gasteiger partial charge is 0.393 e. The van der Waals surface area contributed by atoms with E-state index in [9.17, 15) is 5.11 Å². The fourth-order valence-corrected chi connectivity index (χ4v) is 1.57.